The number of nitrogens with one attached hydrogen (secondary N) is 1. The van der Waals surface area contributed by atoms with Crippen molar-refractivity contribution >= 4 is 0 Å². The fourth-order valence-electron chi connectivity index (χ4n) is 2.52. The Morgan fingerprint density at radius 1 is 1.13 bits per heavy atom. The van der Waals surface area contributed by atoms with Gasteiger partial charge < -0.3 is 4.84 Å². The monoisotopic (exact) mass is 205 g/mol. The minimum absolute atomic E-state index is 0.478. The van der Waals surface area contributed by atoms with Crippen LogP contribution in [0.25, 0.3) is 0 Å². The van der Waals surface area contributed by atoms with E-state index in [0.717, 1.165) is 0 Å². The van der Waals surface area contributed by atoms with Gasteiger partial charge >= 0.3 is 0 Å². The van der Waals surface area contributed by atoms with Gasteiger partial charge in [0.2, 0.25) is 0 Å². The number of hydrogen-bond donors (Lipinski definition) is 1. The molecular formula is C13H19NO. The van der Waals surface area contributed by atoms with E-state index in [2.05, 4.69) is 35.8 Å². The number of hydroxylamine groups is 1. The smallest absolute Gasteiger partial charge is 0.0572 e. The van der Waals surface area contributed by atoms with Gasteiger partial charge in [0.1, 0.15) is 0 Å². The summed E-state index contributed by atoms with van der Waals surface area (Å²) in [4.78, 5) is 5.08. The number of hydrogen-bond acceptors (Lipinski definition) is 2. The van der Waals surface area contributed by atoms with Gasteiger partial charge in [-0.15, -0.1) is 0 Å². The van der Waals surface area contributed by atoms with Gasteiger partial charge in [0.05, 0.1) is 7.11 Å². The van der Waals surface area contributed by atoms with Gasteiger partial charge in [0.15, 0.2) is 0 Å². The van der Waals surface area contributed by atoms with Crippen molar-refractivity contribution in [3.63, 3.8) is 0 Å². The van der Waals surface area contributed by atoms with Crippen LogP contribution >= 0.6 is 0 Å². The van der Waals surface area contributed by atoms with E-state index in [0.29, 0.717) is 12.0 Å². The second-order valence-corrected chi connectivity index (χ2v) is 4.23. The van der Waals surface area contributed by atoms with E-state index >= 15 is 0 Å². The Bertz CT molecular complexity index is 284. The molecule has 0 spiro atoms. The third-order valence-electron chi connectivity index (χ3n) is 3.26. The van der Waals surface area contributed by atoms with Crippen LogP contribution in [0.2, 0.25) is 0 Å². The normalized spacial score (nSPS) is 26.5. The van der Waals surface area contributed by atoms with Crippen LogP contribution in [-0.4, -0.2) is 13.2 Å². The number of rotatable bonds is 3. The fourth-order valence-corrected chi connectivity index (χ4v) is 2.52. The topological polar surface area (TPSA) is 21.3 Å². The minimum atomic E-state index is 0.478. The summed E-state index contributed by atoms with van der Waals surface area (Å²) < 4.78 is 0. The predicted molar refractivity (Wildman–Crippen MR) is 61.6 cm³/mol. The molecule has 15 heavy (non-hydrogen) atoms. The Kier molecular flexibility index (Phi) is 3.75. The van der Waals surface area contributed by atoms with Crippen molar-refractivity contribution in [2.24, 2.45) is 0 Å². The first kappa shape index (κ1) is 10.7. The van der Waals surface area contributed by atoms with Gasteiger partial charge in [-0.2, -0.15) is 5.48 Å². The molecule has 0 aromatic heterocycles. The van der Waals surface area contributed by atoms with Crippen LogP contribution in [-0.2, 0) is 4.84 Å². The summed E-state index contributed by atoms with van der Waals surface area (Å²) in [5.74, 6) is 0.611. The first-order valence-electron chi connectivity index (χ1n) is 5.75. The molecule has 0 heterocycles. The lowest BCUT2D eigenvalue weighted by Gasteiger charge is -2.31. The second kappa shape index (κ2) is 5.29. The van der Waals surface area contributed by atoms with Gasteiger partial charge in [0.25, 0.3) is 0 Å². The molecule has 2 rings (SSSR count). The Labute approximate surface area is 91.6 Å². The molecule has 0 bridgehead atoms. The van der Waals surface area contributed by atoms with E-state index < -0.39 is 0 Å². The molecule has 0 saturated heterocycles. The van der Waals surface area contributed by atoms with Gasteiger partial charge in [-0.1, -0.05) is 43.2 Å². The SMILES string of the molecule is CONC1CCCCC1c1ccccc1. The first-order chi connectivity index (χ1) is 7.42. The van der Waals surface area contributed by atoms with Crippen LogP contribution in [0.15, 0.2) is 30.3 Å². The Hall–Kier alpha value is -0.860. The summed E-state index contributed by atoms with van der Waals surface area (Å²) in [6.07, 6.45) is 5.13. The van der Waals surface area contributed by atoms with Gasteiger partial charge in [-0.05, 0) is 18.4 Å². The lowest BCUT2D eigenvalue weighted by atomic mass is 9.80. The lowest BCUT2D eigenvalue weighted by Crippen LogP contribution is -2.36. The molecule has 2 atom stereocenters. The summed E-state index contributed by atoms with van der Waals surface area (Å²) in [5.41, 5.74) is 4.57. The average Bonchev–Trinajstić information content (AvgIpc) is 2.31. The Morgan fingerprint density at radius 3 is 2.60 bits per heavy atom. The third kappa shape index (κ3) is 2.58. The molecule has 1 aromatic rings. The summed E-state index contributed by atoms with van der Waals surface area (Å²) in [6, 6.07) is 11.2. The lowest BCUT2D eigenvalue weighted by molar-refractivity contribution is 0.0410. The quantitative estimate of drug-likeness (QED) is 0.766. The van der Waals surface area contributed by atoms with Crippen LogP contribution in [0.3, 0.4) is 0 Å². The van der Waals surface area contributed by atoms with Gasteiger partial charge in [-0.3, -0.25) is 0 Å². The van der Waals surface area contributed by atoms with E-state index in [9.17, 15) is 0 Å². The molecule has 1 aromatic carbocycles. The Morgan fingerprint density at radius 2 is 1.87 bits per heavy atom. The van der Waals surface area contributed by atoms with Crippen molar-refractivity contribution in [1.82, 2.24) is 5.48 Å². The molecule has 1 aliphatic rings. The number of benzene rings is 1. The average molecular weight is 205 g/mol. The fraction of sp³-hybridized carbons (Fsp3) is 0.538. The molecule has 1 N–H and O–H groups in total. The van der Waals surface area contributed by atoms with Crippen molar-refractivity contribution < 1.29 is 4.84 Å². The molecule has 1 aliphatic carbocycles. The second-order valence-electron chi connectivity index (χ2n) is 4.23. The van der Waals surface area contributed by atoms with E-state index in [1.165, 1.54) is 31.2 Å². The molecule has 1 fully saturated rings. The summed E-state index contributed by atoms with van der Waals surface area (Å²) in [5, 5.41) is 0. The highest BCUT2D eigenvalue weighted by Crippen LogP contribution is 2.32. The molecule has 2 unspecified atom stereocenters. The molecular weight excluding hydrogens is 186 g/mol. The molecule has 0 radical (unpaired) electrons. The standard InChI is InChI=1S/C13H19NO/c1-15-14-13-10-6-5-9-12(13)11-7-3-2-4-8-11/h2-4,7-8,12-14H,5-6,9-10H2,1H3. The van der Waals surface area contributed by atoms with Crippen molar-refractivity contribution in [2.75, 3.05) is 7.11 Å². The predicted octanol–water partition coefficient (Wildman–Crippen LogP) is 2.86. The van der Waals surface area contributed by atoms with Crippen molar-refractivity contribution in [2.45, 2.75) is 37.6 Å². The van der Waals surface area contributed by atoms with Crippen LogP contribution < -0.4 is 5.48 Å². The first-order valence-corrected chi connectivity index (χ1v) is 5.75. The molecule has 1 saturated carbocycles. The highest BCUT2D eigenvalue weighted by molar-refractivity contribution is 5.21. The minimum Gasteiger partial charge on any atom is -0.305 e. The van der Waals surface area contributed by atoms with E-state index in [-0.39, 0.29) is 0 Å². The maximum absolute atomic E-state index is 5.08. The Balaban J connectivity index is 2.11. The highest BCUT2D eigenvalue weighted by Gasteiger charge is 2.25. The molecule has 82 valence electrons. The van der Waals surface area contributed by atoms with Crippen LogP contribution in [0.4, 0.5) is 0 Å². The zero-order valence-electron chi connectivity index (χ0n) is 9.28. The third-order valence-corrected chi connectivity index (χ3v) is 3.26. The molecule has 2 nitrogen and oxygen atoms in total. The van der Waals surface area contributed by atoms with Crippen LogP contribution in [0.5, 0.6) is 0 Å². The van der Waals surface area contributed by atoms with E-state index in [1.807, 2.05) is 0 Å². The zero-order valence-corrected chi connectivity index (χ0v) is 9.28. The molecule has 2 heteroatoms. The van der Waals surface area contributed by atoms with Crippen molar-refractivity contribution in [3.8, 4) is 0 Å². The largest absolute Gasteiger partial charge is 0.305 e. The van der Waals surface area contributed by atoms with Gasteiger partial charge in [0, 0.05) is 12.0 Å². The van der Waals surface area contributed by atoms with Crippen molar-refractivity contribution in [3.05, 3.63) is 35.9 Å². The maximum Gasteiger partial charge on any atom is 0.0572 e. The van der Waals surface area contributed by atoms with E-state index in [4.69, 9.17) is 4.84 Å². The maximum atomic E-state index is 5.08. The van der Waals surface area contributed by atoms with Gasteiger partial charge in [-0.25, -0.2) is 0 Å². The summed E-state index contributed by atoms with van der Waals surface area (Å²) in [6.45, 7) is 0. The highest BCUT2D eigenvalue weighted by atomic mass is 16.6. The van der Waals surface area contributed by atoms with E-state index in [1.54, 1.807) is 7.11 Å². The summed E-state index contributed by atoms with van der Waals surface area (Å²) in [7, 11) is 1.71. The zero-order chi connectivity index (χ0) is 10.5. The summed E-state index contributed by atoms with van der Waals surface area (Å²) >= 11 is 0. The van der Waals surface area contributed by atoms with Crippen LogP contribution in [0.1, 0.15) is 37.2 Å². The molecule has 0 aliphatic heterocycles. The van der Waals surface area contributed by atoms with Crippen LogP contribution in [0, 0.1) is 0 Å². The molecule has 0 amide bonds. The van der Waals surface area contributed by atoms with Crippen molar-refractivity contribution in [1.29, 1.82) is 0 Å².